The highest BCUT2D eigenvalue weighted by atomic mass is 35.5. The molecule has 0 amide bonds. The van der Waals surface area contributed by atoms with E-state index in [-0.39, 0.29) is 23.6 Å². The zero-order valence-corrected chi connectivity index (χ0v) is 15.9. The van der Waals surface area contributed by atoms with Crippen LogP contribution in [0.25, 0.3) is 5.65 Å². The summed E-state index contributed by atoms with van der Waals surface area (Å²) in [6, 6.07) is 5.23. The zero-order chi connectivity index (χ0) is 19.8. The largest absolute Gasteiger partial charge is 0.462 e. The molecule has 0 saturated heterocycles. The summed E-state index contributed by atoms with van der Waals surface area (Å²) in [5, 5.41) is 7.30. The van der Waals surface area contributed by atoms with Crippen LogP contribution in [0.2, 0.25) is 5.02 Å². The Morgan fingerprint density at radius 1 is 1.37 bits per heavy atom. The van der Waals surface area contributed by atoms with Gasteiger partial charge >= 0.3 is 5.97 Å². The Hall–Kier alpha value is -2.69. The molecule has 0 aliphatic heterocycles. The number of rotatable bonds is 5. The van der Waals surface area contributed by atoms with Gasteiger partial charge in [-0.1, -0.05) is 17.7 Å². The molecule has 0 unspecified atom stereocenters. The molecule has 27 heavy (non-hydrogen) atoms. The van der Waals surface area contributed by atoms with Crippen LogP contribution in [0.4, 0.5) is 11.5 Å². The molecule has 0 fully saturated rings. The molecule has 3 aromatic rings. The number of nitrogens with zero attached hydrogens (tertiary/aromatic N) is 3. The second-order valence-electron chi connectivity index (χ2n) is 5.57. The van der Waals surface area contributed by atoms with Crippen molar-refractivity contribution in [3.8, 4) is 0 Å². The van der Waals surface area contributed by atoms with Crippen LogP contribution in [-0.2, 0) is 14.9 Å². The third kappa shape index (κ3) is 3.72. The fourth-order valence-electron chi connectivity index (χ4n) is 2.43. The average molecular weight is 411 g/mol. The van der Waals surface area contributed by atoms with Crippen molar-refractivity contribution in [2.24, 2.45) is 0 Å². The van der Waals surface area contributed by atoms with E-state index in [1.165, 1.54) is 0 Å². The molecule has 0 spiro atoms. The Morgan fingerprint density at radius 3 is 2.78 bits per heavy atom. The number of carbonyl (C=O) groups is 1. The predicted octanol–water partition coefficient (Wildman–Crippen LogP) is 2.86. The lowest BCUT2D eigenvalue weighted by Gasteiger charge is -2.14. The number of aryl methyl sites for hydroxylation is 1. The Kier molecular flexibility index (Phi) is 5.05. The zero-order valence-electron chi connectivity index (χ0n) is 14.3. The van der Waals surface area contributed by atoms with Gasteiger partial charge in [-0.25, -0.2) is 9.78 Å². The second kappa shape index (κ2) is 7.14. The lowest BCUT2D eigenvalue weighted by Crippen LogP contribution is -2.13. The van der Waals surface area contributed by atoms with Gasteiger partial charge in [-0.2, -0.15) is 18.0 Å². The van der Waals surface area contributed by atoms with Crippen LogP contribution in [0, 0.1) is 6.92 Å². The Morgan fingerprint density at radius 2 is 2.11 bits per heavy atom. The minimum Gasteiger partial charge on any atom is -0.462 e. The molecule has 0 atom stereocenters. The summed E-state index contributed by atoms with van der Waals surface area (Å²) in [4.78, 5) is 15.8. The lowest BCUT2D eigenvalue weighted by atomic mass is 10.2. The monoisotopic (exact) mass is 410 g/mol. The molecule has 1 aromatic carbocycles. The van der Waals surface area contributed by atoms with E-state index >= 15 is 0 Å². The van der Waals surface area contributed by atoms with Crippen molar-refractivity contribution in [1.29, 1.82) is 0 Å². The van der Waals surface area contributed by atoms with Gasteiger partial charge in [0.2, 0.25) is 0 Å². The molecule has 0 radical (unpaired) electrons. The fraction of sp³-hybridized carbons (Fsp3) is 0.188. The summed E-state index contributed by atoms with van der Waals surface area (Å²) in [6.07, 6.45) is 2.09. The van der Waals surface area contributed by atoms with Crippen LogP contribution in [-0.4, -0.2) is 40.1 Å². The SMILES string of the molecule is CCOC(=O)c1cnc2c(S(=O)(=O)O)cnn2c1Nc1cc(C)ccc1Cl. The van der Waals surface area contributed by atoms with E-state index in [4.69, 9.17) is 16.3 Å². The summed E-state index contributed by atoms with van der Waals surface area (Å²) in [5.41, 5.74) is 1.24. The topological polar surface area (TPSA) is 123 Å². The second-order valence-corrected chi connectivity index (χ2v) is 7.37. The summed E-state index contributed by atoms with van der Waals surface area (Å²) in [5.74, 6) is -0.581. The van der Waals surface area contributed by atoms with Crippen LogP contribution in [0.15, 0.2) is 35.5 Å². The van der Waals surface area contributed by atoms with Gasteiger partial charge in [0.25, 0.3) is 10.1 Å². The number of ether oxygens (including phenoxy) is 1. The molecule has 142 valence electrons. The maximum atomic E-state index is 12.3. The standard InChI is InChI=1S/C16H15ClN4O5S/c1-3-26-16(22)10-7-18-15-13(27(23,24)25)8-19-21(15)14(10)20-12-6-9(2)4-5-11(12)17/h4-8,20H,3H2,1-2H3,(H,23,24,25). The summed E-state index contributed by atoms with van der Waals surface area (Å²) < 4.78 is 38.5. The number of hydrogen-bond acceptors (Lipinski definition) is 7. The van der Waals surface area contributed by atoms with Crippen molar-refractivity contribution in [2.45, 2.75) is 18.7 Å². The van der Waals surface area contributed by atoms with Gasteiger partial charge in [0.1, 0.15) is 5.56 Å². The first kappa shape index (κ1) is 19.1. The molecular weight excluding hydrogens is 396 g/mol. The third-order valence-corrected chi connectivity index (χ3v) is 4.82. The molecule has 0 aliphatic carbocycles. The van der Waals surface area contributed by atoms with Gasteiger partial charge in [0.15, 0.2) is 16.4 Å². The average Bonchev–Trinajstić information content (AvgIpc) is 3.03. The number of hydrogen-bond donors (Lipinski definition) is 2. The lowest BCUT2D eigenvalue weighted by molar-refractivity contribution is 0.0526. The van der Waals surface area contributed by atoms with E-state index in [2.05, 4.69) is 15.4 Å². The fourth-order valence-corrected chi connectivity index (χ4v) is 3.15. The van der Waals surface area contributed by atoms with Crippen LogP contribution in [0.1, 0.15) is 22.8 Å². The molecule has 2 aromatic heterocycles. The van der Waals surface area contributed by atoms with Gasteiger partial charge in [-0.05, 0) is 31.5 Å². The van der Waals surface area contributed by atoms with Gasteiger partial charge in [-0.3, -0.25) is 4.55 Å². The Labute approximate surface area is 159 Å². The van der Waals surface area contributed by atoms with Crippen LogP contribution >= 0.6 is 11.6 Å². The normalized spacial score (nSPS) is 11.6. The van der Waals surface area contributed by atoms with Gasteiger partial charge in [0.05, 0.1) is 23.5 Å². The highest BCUT2D eigenvalue weighted by Crippen LogP contribution is 2.29. The Balaban J connectivity index is 2.25. The van der Waals surface area contributed by atoms with E-state index in [0.717, 1.165) is 22.5 Å². The molecule has 0 aliphatic rings. The molecule has 0 saturated carbocycles. The third-order valence-electron chi connectivity index (χ3n) is 3.64. The maximum Gasteiger partial charge on any atom is 0.343 e. The molecule has 0 bridgehead atoms. The molecule has 11 heteroatoms. The summed E-state index contributed by atoms with van der Waals surface area (Å²) in [7, 11) is -4.55. The molecule has 3 rings (SSSR count). The first-order valence-corrected chi connectivity index (χ1v) is 9.58. The number of anilines is 2. The number of nitrogens with one attached hydrogen (secondary N) is 1. The minimum absolute atomic E-state index is 0.0203. The van der Waals surface area contributed by atoms with Crippen LogP contribution in [0.5, 0.6) is 0 Å². The molecular formula is C16H15ClN4O5S. The first-order valence-electron chi connectivity index (χ1n) is 7.77. The Bertz CT molecular complexity index is 1140. The van der Waals surface area contributed by atoms with Crippen molar-refractivity contribution < 1.29 is 22.5 Å². The minimum atomic E-state index is -4.55. The van der Waals surface area contributed by atoms with Crippen LogP contribution < -0.4 is 5.32 Å². The van der Waals surface area contributed by atoms with Gasteiger partial charge in [0, 0.05) is 6.20 Å². The van der Waals surface area contributed by atoms with Crippen molar-refractivity contribution >= 4 is 44.8 Å². The highest BCUT2D eigenvalue weighted by Gasteiger charge is 2.24. The quantitative estimate of drug-likeness (QED) is 0.486. The van der Waals surface area contributed by atoms with Crippen molar-refractivity contribution in [2.75, 3.05) is 11.9 Å². The van der Waals surface area contributed by atoms with Gasteiger partial charge < -0.3 is 10.1 Å². The summed E-state index contributed by atoms with van der Waals surface area (Å²) >= 11 is 6.21. The molecule has 9 nitrogen and oxygen atoms in total. The number of carbonyl (C=O) groups excluding carboxylic acids is 1. The van der Waals surface area contributed by atoms with E-state index < -0.39 is 21.0 Å². The van der Waals surface area contributed by atoms with E-state index in [0.29, 0.717) is 10.7 Å². The van der Waals surface area contributed by atoms with E-state index in [1.807, 2.05) is 13.0 Å². The smallest absolute Gasteiger partial charge is 0.343 e. The number of fused-ring (bicyclic) bond motifs is 1. The van der Waals surface area contributed by atoms with Crippen molar-refractivity contribution in [1.82, 2.24) is 14.6 Å². The van der Waals surface area contributed by atoms with E-state index in [1.54, 1.807) is 19.1 Å². The van der Waals surface area contributed by atoms with Gasteiger partial charge in [-0.15, -0.1) is 0 Å². The van der Waals surface area contributed by atoms with Crippen LogP contribution in [0.3, 0.4) is 0 Å². The molecule has 2 N–H and O–H groups in total. The highest BCUT2D eigenvalue weighted by molar-refractivity contribution is 7.86. The summed E-state index contributed by atoms with van der Waals surface area (Å²) in [6.45, 7) is 3.65. The maximum absolute atomic E-state index is 12.3. The first-order chi connectivity index (χ1) is 12.7. The number of esters is 1. The molecule has 2 heterocycles. The number of halogens is 1. The number of benzene rings is 1. The van der Waals surface area contributed by atoms with Crippen molar-refractivity contribution in [3.05, 3.63) is 46.7 Å². The van der Waals surface area contributed by atoms with E-state index in [9.17, 15) is 17.8 Å². The number of aromatic nitrogens is 3. The van der Waals surface area contributed by atoms with Crippen molar-refractivity contribution in [3.63, 3.8) is 0 Å². The predicted molar refractivity (Wildman–Crippen MR) is 98.2 cm³/mol.